The molecule has 0 saturated heterocycles. The highest BCUT2D eigenvalue weighted by Gasteiger charge is 2.33. The van der Waals surface area contributed by atoms with Gasteiger partial charge in [-0.1, -0.05) is 36.4 Å². The fourth-order valence-electron chi connectivity index (χ4n) is 4.80. The van der Waals surface area contributed by atoms with Crippen molar-refractivity contribution >= 4 is 28.2 Å². The molecule has 6 rings (SSSR count). The minimum absolute atomic E-state index is 0.0833. The van der Waals surface area contributed by atoms with Crippen molar-refractivity contribution in [3.05, 3.63) is 99.8 Å². The van der Waals surface area contributed by atoms with Gasteiger partial charge < -0.3 is 24.5 Å². The van der Waals surface area contributed by atoms with Gasteiger partial charge in [0, 0.05) is 24.5 Å². The number of rotatable bonds is 6. The molecule has 0 bridgehead atoms. The third-order valence-corrected chi connectivity index (χ3v) is 7.76. The SMILES string of the molecule is COc1cc([C@H]2NC(=O)c3c(sc4c3CCN(Cc3ccccc3)C4)N2)ccc1OC(=O)c1ccco1. The minimum atomic E-state index is -0.615. The van der Waals surface area contributed by atoms with Crippen molar-refractivity contribution in [3.8, 4) is 11.5 Å². The molecule has 2 aromatic heterocycles. The molecule has 9 heteroatoms. The maximum atomic E-state index is 13.2. The molecule has 37 heavy (non-hydrogen) atoms. The van der Waals surface area contributed by atoms with Crippen LogP contribution in [-0.2, 0) is 19.5 Å². The van der Waals surface area contributed by atoms with Crippen molar-refractivity contribution in [3.63, 3.8) is 0 Å². The molecule has 2 aliphatic heterocycles. The molecule has 2 aliphatic rings. The monoisotopic (exact) mass is 515 g/mol. The predicted octanol–water partition coefficient (Wildman–Crippen LogP) is 4.98. The van der Waals surface area contributed by atoms with E-state index in [-0.39, 0.29) is 17.4 Å². The van der Waals surface area contributed by atoms with Gasteiger partial charge in [0.05, 0.1) is 18.9 Å². The summed E-state index contributed by atoms with van der Waals surface area (Å²) in [6, 6.07) is 18.8. The minimum Gasteiger partial charge on any atom is -0.493 e. The fraction of sp³-hybridized carbons (Fsp3) is 0.214. The summed E-state index contributed by atoms with van der Waals surface area (Å²) in [6.07, 6.45) is 1.81. The Morgan fingerprint density at radius 1 is 1.11 bits per heavy atom. The summed E-state index contributed by atoms with van der Waals surface area (Å²) in [4.78, 5) is 29.1. The van der Waals surface area contributed by atoms with Crippen LogP contribution in [0.25, 0.3) is 0 Å². The average Bonchev–Trinajstić information content (AvgIpc) is 3.58. The van der Waals surface area contributed by atoms with Crippen LogP contribution in [-0.4, -0.2) is 30.4 Å². The molecule has 2 aromatic carbocycles. The number of esters is 1. The second-order valence-corrected chi connectivity index (χ2v) is 10.1. The third-order valence-electron chi connectivity index (χ3n) is 6.61. The average molecular weight is 516 g/mol. The highest BCUT2D eigenvalue weighted by molar-refractivity contribution is 7.16. The molecule has 0 aliphatic carbocycles. The van der Waals surface area contributed by atoms with Gasteiger partial charge >= 0.3 is 5.97 Å². The Balaban J connectivity index is 1.20. The zero-order valence-electron chi connectivity index (χ0n) is 20.2. The van der Waals surface area contributed by atoms with Crippen LogP contribution in [0.2, 0.25) is 0 Å². The highest BCUT2D eigenvalue weighted by Crippen LogP contribution is 2.41. The van der Waals surface area contributed by atoms with E-state index in [2.05, 4.69) is 39.8 Å². The number of hydrogen-bond donors (Lipinski definition) is 2. The van der Waals surface area contributed by atoms with Gasteiger partial charge in [0.2, 0.25) is 5.76 Å². The Bertz CT molecular complexity index is 1450. The van der Waals surface area contributed by atoms with E-state index in [1.165, 1.54) is 29.9 Å². The molecular formula is C28H25N3O5S. The lowest BCUT2D eigenvalue weighted by Gasteiger charge is -2.28. The number of nitrogens with zero attached hydrogens (tertiary/aromatic N) is 1. The number of carbonyl (C=O) groups is 2. The van der Waals surface area contributed by atoms with Crippen LogP contribution in [0, 0.1) is 0 Å². The molecule has 1 atom stereocenters. The topological polar surface area (TPSA) is 93.0 Å². The Labute approximate surface area is 217 Å². The molecule has 4 aromatic rings. The summed E-state index contributed by atoms with van der Waals surface area (Å²) in [6.45, 7) is 2.63. The number of carbonyl (C=O) groups excluding carboxylic acids is 2. The van der Waals surface area contributed by atoms with E-state index in [1.54, 1.807) is 35.6 Å². The van der Waals surface area contributed by atoms with E-state index < -0.39 is 12.1 Å². The number of methoxy groups -OCH3 is 1. The van der Waals surface area contributed by atoms with Gasteiger partial charge in [-0.2, -0.15) is 0 Å². The van der Waals surface area contributed by atoms with Crippen LogP contribution in [0.3, 0.4) is 0 Å². The number of ether oxygens (including phenoxy) is 2. The number of furan rings is 1. The third kappa shape index (κ3) is 4.59. The van der Waals surface area contributed by atoms with E-state index in [9.17, 15) is 9.59 Å². The predicted molar refractivity (Wildman–Crippen MR) is 139 cm³/mol. The number of hydrogen-bond acceptors (Lipinski definition) is 8. The van der Waals surface area contributed by atoms with E-state index >= 15 is 0 Å². The number of amides is 1. The van der Waals surface area contributed by atoms with Crippen LogP contribution in [0.1, 0.15) is 48.6 Å². The normalized spacial score (nSPS) is 16.8. The molecule has 0 saturated carbocycles. The van der Waals surface area contributed by atoms with Crippen LogP contribution in [0.4, 0.5) is 5.00 Å². The fourth-order valence-corrected chi connectivity index (χ4v) is 6.12. The van der Waals surface area contributed by atoms with Crippen molar-refractivity contribution < 1.29 is 23.5 Å². The second kappa shape index (κ2) is 9.76. The van der Waals surface area contributed by atoms with Gasteiger partial charge in [0.1, 0.15) is 11.2 Å². The number of thiophene rings is 1. The Kier molecular flexibility index (Phi) is 6.15. The summed E-state index contributed by atoms with van der Waals surface area (Å²) in [5.41, 5.74) is 3.97. The van der Waals surface area contributed by atoms with Gasteiger partial charge in [-0.15, -0.1) is 11.3 Å². The molecule has 0 spiro atoms. The lowest BCUT2D eigenvalue weighted by Crippen LogP contribution is -2.38. The van der Waals surface area contributed by atoms with E-state index in [0.29, 0.717) is 5.75 Å². The molecule has 4 heterocycles. The van der Waals surface area contributed by atoms with E-state index in [0.717, 1.165) is 47.7 Å². The molecule has 2 N–H and O–H groups in total. The molecule has 188 valence electrons. The number of nitrogens with one attached hydrogen (secondary N) is 2. The van der Waals surface area contributed by atoms with Gasteiger partial charge in [0.15, 0.2) is 11.5 Å². The summed E-state index contributed by atoms with van der Waals surface area (Å²) < 4.78 is 16.0. The molecule has 0 unspecified atom stereocenters. The maximum absolute atomic E-state index is 13.2. The van der Waals surface area contributed by atoms with Gasteiger partial charge in [-0.3, -0.25) is 9.69 Å². The Morgan fingerprint density at radius 3 is 2.76 bits per heavy atom. The first-order valence-corrected chi connectivity index (χ1v) is 12.8. The number of fused-ring (bicyclic) bond motifs is 3. The van der Waals surface area contributed by atoms with Gasteiger partial charge in [-0.05, 0) is 47.4 Å². The molecule has 1 amide bonds. The summed E-state index contributed by atoms with van der Waals surface area (Å²) in [7, 11) is 1.50. The molecule has 8 nitrogen and oxygen atoms in total. The van der Waals surface area contributed by atoms with Crippen molar-refractivity contribution in [1.82, 2.24) is 10.2 Å². The first-order chi connectivity index (χ1) is 18.1. The molecule has 0 radical (unpaired) electrons. The first kappa shape index (κ1) is 23.3. The van der Waals surface area contributed by atoms with Crippen molar-refractivity contribution in [2.45, 2.75) is 25.7 Å². The van der Waals surface area contributed by atoms with Crippen LogP contribution in [0.5, 0.6) is 11.5 Å². The summed E-state index contributed by atoms with van der Waals surface area (Å²) >= 11 is 1.65. The van der Waals surface area contributed by atoms with Crippen LogP contribution in [0.15, 0.2) is 71.3 Å². The number of benzene rings is 2. The van der Waals surface area contributed by atoms with E-state index in [4.69, 9.17) is 13.9 Å². The smallest absolute Gasteiger partial charge is 0.379 e. The van der Waals surface area contributed by atoms with Crippen LogP contribution < -0.4 is 20.1 Å². The zero-order chi connectivity index (χ0) is 25.4. The summed E-state index contributed by atoms with van der Waals surface area (Å²) in [5.74, 6) is 0.0426. The zero-order valence-corrected chi connectivity index (χ0v) is 21.0. The van der Waals surface area contributed by atoms with Crippen LogP contribution >= 0.6 is 11.3 Å². The quantitative estimate of drug-likeness (QED) is 0.276. The largest absolute Gasteiger partial charge is 0.493 e. The maximum Gasteiger partial charge on any atom is 0.379 e. The highest BCUT2D eigenvalue weighted by atomic mass is 32.1. The first-order valence-electron chi connectivity index (χ1n) is 12.0. The van der Waals surface area contributed by atoms with Crippen molar-refractivity contribution in [2.24, 2.45) is 0 Å². The lowest BCUT2D eigenvalue weighted by molar-refractivity contribution is 0.0696. The van der Waals surface area contributed by atoms with E-state index in [1.807, 2.05) is 6.07 Å². The lowest BCUT2D eigenvalue weighted by atomic mass is 10.00. The van der Waals surface area contributed by atoms with Gasteiger partial charge in [-0.25, -0.2) is 4.79 Å². The van der Waals surface area contributed by atoms with Gasteiger partial charge in [0.25, 0.3) is 5.91 Å². The molecular weight excluding hydrogens is 490 g/mol. The molecule has 0 fully saturated rings. The second-order valence-electron chi connectivity index (χ2n) is 8.98. The van der Waals surface area contributed by atoms with Crippen molar-refractivity contribution in [2.75, 3.05) is 19.0 Å². The Hall–Kier alpha value is -4.08. The summed E-state index contributed by atoms with van der Waals surface area (Å²) in [5, 5.41) is 7.45. The number of anilines is 1. The standard InChI is InChI=1S/C28H25N3O5S/c1-34-22-14-18(9-10-20(22)36-28(33)21-8-5-13-35-21)25-29-26(32)24-19-11-12-31(15-17-6-3-2-4-7-17)16-23(19)37-27(24)30-25/h2-10,13-14,25,30H,11-12,15-16H2,1H3,(H,29,32)/t25-/m0/s1. The van der Waals surface area contributed by atoms with Crippen molar-refractivity contribution in [1.29, 1.82) is 0 Å². The Morgan fingerprint density at radius 2 is 1.97 bits per heavy atom.